The van der Waals surface area contributed by atoms with Gasteiger partial charge in [-0.1, -0.05) is 18.2 Å². The maximum Gasteiger partial charge on any atom is 0.253 e. The summed E-state index contributed by atoms with van der Waals surface area (Å²) in [6, 6.07) is 12.1. The van der Waals surface area contributed by atoms with E-state index in [1.807, 2.05) is 35.2 Å². The molecule has 1 aromatic carbocycles. The average molecular weight is 339 g/mol. The molecule has 0 bridgehead atoms. The third kappa shape index (κ3) is 4.35. The normalized spacial score (nSPS) is 15.0. The number of piperidine rings is 1. The van der Waals surface area contributed by atoms with Crippen LogP contribution in [0.2, 0.25) is 0 Å². The molecule has 2 amide bonds. The largest absolute Gasteiger partial charge is 0.352 e. The molecule has 0 unspecified atom stereocenters. The smallest absolute Gasteiger partial charge is 0.253 e. The summed E-state index contributed by atoms with van der Waals surface area (Å²) in [5.41, 5.74) is 0.926. The predicted octanol–water partition coefficient (Wildman–Crippen LogP) is 1.66. The first-order chi connectivity index (χ1) is 12.1. The van der Waals surface area contributed by atoms with Crippen molar-refractivity contribution < 1.29 is 9.59 Å². The monoisotopic (exact) mass is 339 g/mol. The van der Waals surface area contributed by atoms with Crippen molar-refractivity contribution in [3.63, 3.8) is 0 Å². The molecule has 1 aliphatic rings. The van der Waals surface area contributed by atoms with Gasteiger partial charge in [0.15, 0.2) is 0 Å². The van der Waals surface area contributed by atoms with Crippen LogP contribution in [0.25, 0.3) is 0 Å². The molecular weight excluding hydrogens is 318 g/mol. The number of pyridine rings is 1. The van der Waals surface area contributed by atoms with E-state index >= 15 is 0 Å². The fourth-order valence-electron chi connectivity index (χ4n) is 2.99. The molecule has 130 valence electrons. The van der Waals surface area contributed by atoms with Crippen molar-refractivity contribution in [2.24, 2.45) is 5.92 Å². The van der Waals surface area contributed by atoms with Crippen molar-refractivity contribution in [1.29, 1.82) is 0 Å². The van der Waals surface area contributed by atoms with Gasteiger partial charge in [0, 0.05) is 37.5 Å². The minimum Gasteiger partial charge on any atom is -0.352 e. The zero-order valence-corrected chi connectivity index (χ0v) is 13.9. The molecule has 0 atom stereocenters. The predicted molar refractivity (Wildman–Crippen MR) is 94.5 cm³/mol. The minimum absolute atomic E-state index is 0.0660. The van der Waals surface area contributed by atoms with E-state index in [9.17, 15) is 14.4 Å². The Labute approximate surface area is 145 Å². The molecule has 1 aliphatic heterocycles. The van der Waals surface area contributed by atoms with Gasteiger partial charge in [0.25, 0.3) is 11.8 Å². The standard InChI is InChI=1S/C19H21N3O3/c23-17-7-6-16(13-20-17)18(24)21-12-14-8-10-22(11-9-14)19(25)15-4-2-1-3-5-15/h1-7,13-14H,8-12H2,(H,20,23)(H,21,24). The molecule has 2 heterocycles. The topological polar surface area (TPSA) is 82.3 Å². The SMILES string of the molecule is O=C(NCC1CCN(C(=O)c2ccccc2)CC1)c1ccc(=O)[nH]c1. The summed E-state index contributed by atoms with van der Waals surface area (Å²) < 4.78 is 0. The van der Waals surface area contributed by atoms with Gasteiger partial charge in [0.05, 0.1) is 5.56 Å². The molecule has 2 aromatic rings. The van der Waals surface area contributed by atoms with Crippen LogP contribution in [0.5, 0.6) is 0 Å². The summed E-state index contributed by atoms with van der Waals surface area (Å²) in [5, 5.41) is 2.90. The number of amides is 2. The van der Waals surface area contributed by atoms with Gasteiger partial charge in [-0.3, -0.25) is 14.4 Å². The quantitative estimate of drug-likeness (QED) is 0.889. The molecule has 0 radical (unpaired) electrons. The average Bonchev–Trinajstić information content (AvgIpc) is 2.67. The number of rotatable bonds is 4. The van der Waals surface area contributed by atoms with Crippen LogP contribution < -0.4 is 10.9 Å². The van der Waals surface area contributed by atoms with Crippen LogP contribution in [0.1, 0.15) is 33.6 Å². The lowest BCUT2D eigenvalue weighted by Gasteiger charge is -2.32. The summed E-state index contributed by atoms with van der Waals surface area (Å²) >= 11 is 0. The molecular formula is C19H21N3O3. The molecule has 25 heavy (non-hydrogen) atoms. The Morgan fingerprint density at radius 2 is 1.76 bits per heavy atom. The van der Waals surface area contributed by atoms with Crippen LogP contribution in [-0.4, -0.2) is 41.3 Å². The van der Waals surface area contributed by atoms with Gasteiger partial charge in [-0.15, -0.1) is 0 Å². The van der Waals surface area contributed by atoms with Crippen LogP contribution in [0.3, 0.4) is 0 Å². The second kappa shape index (κ2) is 7.79. The van der Waals surface area contributed by atoms with Crippen molar-refractivity contribution >= 4 is 11.8 Å². The van der Waals surface area contributed by atoms with E-state index in [2.05, 4.69) is 10.3 Å². The Bertz CT molecular complexity index is 773. The number of carbonyl (C=O) groups is 2. The maximum atomic E-state index is 12.4. The van der Waals surface area contributed by atoms with Crippen LogP contribution in [0.4, 0.5) is 0 Å². The van der Waals surface area contributed by atoms with Gasteiger partial charge in [-0.2, -0.15) is 0 Å². The molecule has 1 aromatic heterocycles. The first kappa shape index (κ1) is 17.0. The number of likely N-dealkylation sites (tertiary alicyclic amines) is 1. The highest BCUT2D eigenvalue weighted by atomic mass is 16.2. The number of H-pyrrole nitrogens is 1. The second-order valence-corrected chi connectivity index (χ2v) is 6.25. The number of aromatic amines is 1. The van der Waals surface area contributed by atoms with Crippen LogP contribution in [0.15, 0.2) is 53.5 Å². The lowest BCUT2D eigenvalue weighted by molar-refractivity contribution is 0.0684. The molecule has 3 rings (SSSR count). The Morgan fingerprint density at radius 3 is 2.40 bits per heavy atom. The second-order valence-electron chi connectivity index (χ2n) is 6.25. The number of hydrogen-bond acceptors (Lipinski definition) is 3. The Kier molecular flexibility index (Phi) is 5.28. The van der Waals surface area contributed by atoms with Gasteiger partial charge < -0.3 is 15.2 Å². The van der Waals surface area contributed by atoms with E-state index < -0.39 is 0 Å². The third-order valence-corrected chi connectivity index (χ3v) is 4.52. The van der Waals surface area contributed by atoms with Crippen molar-refractivity contribution in [2.45, 2.75) is 12.8 Å². The van der Waals surface area contributed by atoms with Gasteiger partial charge in [0.1, 0.15) is 0 Å². The Balaban J connectivity index is 1.46. The molecule has 0 aliphatic carbocycles. The molecule has 6 nitrogen and oxygen atoms in total. The maximum absolute atomic E-state index is 12.4. The highest BCUT2D eigenvalue weighted by Crippen LogP contribution is 2.18. The molecule has 1 fully saturated rings. The summed E-state index contributed by atoms with van der Waals surface area (Å²) in [5.74, 6) is 0.224. The van der Waals surface area contributed by atoms with E-state index in [1.54, 1.807) is 0 Å². The van der Waals surface area contributed by atoms with Crippen molar-refractivity contribution in [2.75, 3.05) is 19.6 Å². The molecule has 6 heteroatoms. The summed E-state index contributed by atoms with van der Waals surface area (Å²) in [6.07, 6.45) is 3.15. The number of benzene rings is 1. The summed E-state index contributed by atoms with van der Waals surface area (Å²) in [6.45, 7) is 1.98. The van der Waals surface area contributed by atoms with Crippen LogP contribution in [-0.2, 0) is 0 Å². The fraction of sp³-hybridized carbons (Fsp3) is 0.316. The fourth-order valence-corrected chi connectivity index (χ4v) is 2.99. The van der Waals surface area contributed by atoms with Gasteiger partial charge in [-0.05, 0) is 37.0 Å². The van der Waals surface area contributed by atoms with Gasteiger partial charge >= 0.3 is 0 Å². The molecule has 2 N–H and O–H groups in total. The van der Waals surface area contributed by atoms with Gasteiger partial charge in [-0.25, -0.2) is 0 Å². The highest BCUT2D eigenvalue weighted by molar-refractivity contribution is 5.94. The first-order valence-corrected chi connectivity index (χ1v) is 8.45. The van der Waals surface area contributed by atoms with Crippen molar-refractivity contribution in [3.05, 3.63) is 70.1 Å². The van der Waals surface area contributed by atoms with E-state index in [0.29, 0.717) is 36.7 Å². The van der Waals surface area contributed by atoms with Crippen LogP contribution in [0, 0.1) is 5.92 Å². The third-order valence-electron chi connectivity index (χ3n) is 4.52. The highest BCUT2D eigenvalue weighted by Gasteiger charge is 2.23. The van der Waals surface area contributed by atoms with Crippen molar-refractivity contribution in [1.82, 2.24) is 15.2 Å². The lowest BCUT2D eigenvalue weighted by atomic mass is 9.96. The number of nitrogens with one attached hydrogen (secondary N) is 2. The zero-order chi connectivity index (χ0) is 17.6. The minimum atomic E-state index is -0.230. The number of aromatic nitrogens is 1. The number of hydrogen-bond donors (Lipinski definition) is 2. The molecule has 1 saturated heterocycles. The van der Waals surface area contributed by atoms with Crippen molar-refractivity contribution in [3.8, 4) is 0 Å². The number of nitrogens with zero attached hydrogens (tertiary/aromatic N) is 1. The van der Waals surface area contributed by atoms with E-state index in [0.717, 1.165) is 12.8 Å². The Hall–Kier alpha value is -2.89. The summed E-state index contributed by atoms with van der Waals surface area (Å²) in [7, 11) is 0. The van der Waals surface area contributed by atoms with Crippen LogP contribution >= 0.6 is 0 Å². The van der Waals surface area contributed by atoms with E-state index in [4.69, 9.17) is 0 Å². The first-order valence-electron chi connectivity index (χ1n) is 8.45. The van der Waals surface area contributed by atoms with Gasteiger partial charge in [0.2, 0.25) is 5.56 Å². The lowest BCUT2D eigenvalue weighted by Crippen LogP contribution is -2.41. The number of carbonyl (C=O) groups excluding carboxylic acids is 2. The van der Waals surface area contributed by atoms with E-state index in [-0.39, 0.29) is 17.4 Å². The van der Waals surface area contributed by atoms with E-state index in [1.165, 1.54) is 18.3 Å². The summed E-state index contributed by atoms with van der Waals surface area (Å²) in [4.78, 5) is 39.9. The molecule has 0 spiro atoms. The molecule has 0 saturated carbocycles. The Morgan fingerprint density at radius 1 is 1.04 bits per heavy atom. The zero-order valence-electron chi connectivity index (χ0n) is 13.9.